The third kappa shape index (κ3) is 9.96. The Hall–Kier alpha value is -3.06. The van der Waals surface area contributed by atoms with Crippen LogP contribution in [0.2, 0.25) is 0 Å². The number of fused-ring (bicyclic) bond motifs is 1. The lowest BCUT2D eigenvalue weighted by molar-refractivity contribution is -0.144. The second-order valence-corrected chi connectivity index (χ2v) is 14.3. The molecule has 2 saturated heterocycles. The van der Waals surface area contributed by atoms with Crippen molar-refractivity contribution in [3.8, 4) is 0 Å². The fourth-order valence-electron chi connectivity index (χ4n) is 6.40. The molecule has 12 heteroatoms. The highest BCUT2D eigenvalue weighted by Crippen LogP contribution is 2.27. The molecular formula is C33H49N5O6S. The standard InChI is InChI=1S/C33H49N5O6S/c1-2-33(32(41)42,38-45(43,44)29-12-11-26-5-3-4-6-28(26)21-29)23-37-30(39)22-36-31(40)27(9-7-24-13-17-34-18-14-24)10-8-25-15-19-35-20-16-25/h3-6,11-12,21,24-25,27,34-35,38H,2,7-10,13-20,22-23H2,1H3,(H,36,40)(H,37,39)(H,41,42)/t33-/m0/s1. The molecule has 2 aliphatic rings. The molecule has 0 saturated carbocycles. The SMILES string of the molecule is CC[C@@](CNC(=O)CNC(=O)C(CCC1CCNCC1)CCC1CCNCC1)(NS(=O)(=O)c1ccc2ccccc2c1)C(=O)O. The van der Waals surface area contributed by atoms with Crippen molar-refractivity contribution in [3.05, 3.63) is 42.5 Å². The van der Waals surface area contributed by atoms with E-state index >= 15 is 0 Å². The number of aliphatic carboxylic acids is 1. The smallest absolute Gasteiger partial charge is 0.326 e. The second-order valence-electron chi connectivity index (χ2n) is 12.6. The van der Waals surface area contributed by atoms with Crippen molar-refractivity contribution in [2.75, 3.05) is 39.3 Å². The van der Waals surface area contributed by atoms with E-state index in [2.05, 4.69) is 26.0 Å². The first-order valence-electron chi connectivity index (χ1n) is 16.3. The molecular weight excluding hydrogens is 594 g/mol. The van der Waals surface area contributed by atoms with Crippen molar-refractivity contribution in [1.82, 2.24) is 26.0 Å². The van der Waals surface area contributed by atoms with Crippen molar-refractivity contribution in [1.29, 1.82) is 0 Å². The molecule has 4 rings (SSSR count). The van der Waals surface area contributed by atoms with Gasteiger partial charge in [0.15, 0.2) is 0 Å². The maximum atomic E-state index is 13.3. The van der Waals surface area contributed by atoms with Gasteiger partial charge >= 0.3 is 5.97 Å². The largest absolute Gasteiger partial charge is 0.480 e. The number of hydrogen-bond acceptors (Lipinski definition) is 7. The zero-order valence-electron chi connectivity index (χ0n) is 26.3. The fourth-order valence-corrected chi connectivity index (χ4v) is 7.86. The van der Waals surface area contributed by atoms with E-state index in [4.69, 9.17) is 0 Å². The molecule has 0 aromatic heterocycles. The van der Waals surface area contributed by atoms with Crippen LogP contribution in [-0.4, -0.2) is 76.1 Å². The summed E-state index contributed by atoms with van der Waals surface area (Å²) in [6.07, 6.45) is 7.83. The van der Waals surface area contributed by atoms with Crippen LogP contribution >= 0.6 is 0 Å². The Kier molecular flexibility index (Phi) is 12.8. The van der Waals surface area contributed by atoms with Gasteiger partial charge in [-0.25, -0.2) is 8.42 Å². The highest BCUT2D eigenvalue weighted by atomic mass is 32.2. The molecule has 45 heavy (non-hydrogen) atoms. The van der Waals surface area contributed by atoms with Crippen LogP contribution in [0.4, 0.5) is 0 Å². The molecule has 248 valence electrons. The van der Waals surface area contributed by atoms with Gasteiger partial charge in [0.1, 0.15) is 5.54 Å². The molecule has 2 aromatic carbocycles. The maximum Gasteiger partial charge on any atom is 0.326 e. The number of sulfonamides is 1. The van der Waals surface area contributed by atoms with Crippen molar-refractivity contribution in [2.24, 2.45) is 17.8 Å². The van der Waals surface area contributed by atoms with Gasteiger partial charge in [0.2, 0.25) is 21.8 Å². The minimum atomic E-state index is -4.24. The predicted octanol–water partition coefficient (Wildman–Crippen LogP) is 2.76. The van der Waals surface area contributed by atoms with E-state index in [9.17, 15) is 27.9 Å². The first-order valence-corrected chi connectivity index (χ1v) is 17.8. The number of amides is 2. The molecule has 0 unspecified atom stereocenters. The Balaban J connectivity index is 1.34. The Bertz CT molecular complexity index is 1390. The summed E-state index contributed by atoms with van der Waals surface area (Å²) in [6, 6.07) is 11.8. The first kappa shape index (κ1) is 34.8. The van der Waals surface area contributed by atoms with Gasteiger partial charge in [-0.05, 0) is 119 Å². The van der Waals surface area contributed by atoms with Crippen LogP contribution in [0.1, 0.15) is 64.7 Å². The summed E-state index contributed by atoms with van der Waals surface area (Å²) in [4.78, 5) is 38.5. The monoisotopic (exact) mass is 643 g/mol. The Morgan fingerprint density at radius 1 is 0.889 bits per heavy atom. The zero-order valence-corrected chi connectivity index (χ0v) is 27.1. The van der Waals surface area contributed by atoms with Crippen molar-refractivity contribution in [2.45, 2.75) is 75.1 Å². The summed E-state index contributed by atoms with van der Waals surface area (Å²) >= 11 is 0. The molecule has 2 heterocycles. The minimum absolute atomic E-state index is 0.0705. The number of hydrogen-bond donors (Lipinski definition) is 6. The van der Waals surface area contributed by atoms with Gasteiger partial charge in [0.05, 0.1) is 11.4 Å². The average Bonchev–Trinajstić information content (AvgIpc) is 3.06. The van der Waals surface area contributed by atoms with E-state index < -0.39 is 34.0 Å². The summed E-state index contributed by atoms with van der Waals surface area (Å²) in [5.74, 6) is -1.15. The summed E-state index contributed by atoms with van der Waals surface area (Å²) in [5, 5.41) is 23.7. The van der Waals surface area contributed by atoms with Gasteiger partial charge < -0.3 is 26.4 Å². The van der Waals surface area contributed by atoms with E-state index in [-0.39, 0.29) is 29.7 Å². The van der Waals surface area contributed by atoms with E-state index in [0.717, 1.165) is 82.9 Å². The highest BCUT2D eigenvalue weighted by Gasteiger charge is 2.41. The molecule has 0 spiro atoms. The quantitative estimate of drug-likeness (QED) is 0.163. The van der Waals surface area contributed by atoms with Crippen molar-refractivity contribution >= 4 is 38.6 Å². The second kappa shape index (κ2) is 16.5. The molecule has 2 aromatic rings. The molecule has 0 aliphatic carbocycles. The Morgan fingerprint density at radius 3 is 2.02 bits per heavy atom. The maximum absolute atomic E-state index is 13.3. The Morgan fingerprint density at radius 2 is 1.47 bits per heavy atom. The lowest BCUT2D eigenvalue weighted by atomic mass is 9.84. The highest BCUT2D eigenvalue weighted by molar-refractivity contribution is 7.89. The lowest BCUT2D eigenvalue weighted by Crippen LogP contribution is -2.60. The molecule has 0 radical (unpaired) electrons. The summed E-state index contributed by atoms with van der Waals surface area (Å²) in [5.41, 5.74) is -1.98. The van der Waals surface area contributed by atoms with E-state index in [1.54, 1.807) is 25.1 Å². The Labute approximate surface area is 266 Å². The predicted molar refractivity (Wildman–Crippen MR) is 174 cm³/mol. The van der Waals surface area contributed by atoms with Gasteiger partial charge in [-0.3, -0.25) is 14.4 Å². The number of carboxylic acids is 1. The molecule has 0 bridgehead atoms. The number of carboxylic acid groups (broad SMARTS) is 1. The zero-order chi connectivity index (χ0) is 32.3. The number of nitrogens with one attached hydrogen (secondary N) is 5. The van der Waals surface area contributed by atoms with Crippen LogP contribution in [0.3, 0.4) is 0 Å². The molecule has 6 N–H and O–H groups in total. The van der Waals surface area contributed by atoms with E-state index in [0.29, 0.717) is 17.2 Å². The number of carbonyl (C=O) groups is 3. The van der Waals surface area contributed by atoms with Crippen LogP contribution in [0, 0.1) is 17.8 Å². The number of benzene rings is 2. The van der Waals surface area contributed by atoms with E-state index in [1.807, 2.05) is 12.1 Å². The molecule has 1 atom stereocenters. The fraction of sp³-hybridized carbons (Fsp3) is 0.606. The number of piperidine rings is 2. The number of rotatable bonds is 16. The first-order chi connectivity index (χ1) is 21.6. The summed E-state index contributed by atoms with van der Waals surface area (Å²) < 4.78 is 28.9. The summed E-state index contributed by atoms with van der Waals surface area (Å²) in [6.45, 7) is 4.77. The van der Waals surface area contributed by atoms with Gasteiger partial charge in [-0.2, -0.15) is 4.72 Å². The third-order valence-corrected chi connectivity index (χ3v) is 11.1. The third-order valence-electron chi connectivity index (χ3n) is 9.52. The van der Waals surface area contributed by atoms with Gasteiger partial charge in [0.25, 0.3) is 0 Å². The number of carbonyl (C=O) groups excluding carboxylic acids is 2. The van der Waals surface area contributed by atoms with Crippen LogP contribution in [0.5, 0.6) is 0 Å². The van der Waals surface area contributed by atoms with Gasteiger partial charge in [0, 0.05) is 12.5 Å². The van der Waals surface area contributed by atoms with E-state index in [1.165, 1.54) is 12.1 Å². The normalized spacial score (nSPS) is 18.0. The van der Waals surface area contributed by atoms with Gasteiger partial charge in [-0.1, -0.05) is 37.3 Å². The summed E-state index contributed by atoms with van der Waals surface area (Å²) in [7, 11) is -4.24. The topological polar surface area (TPSA) is 166 Å². The lowest BCUT2D eigenvalue weighted by Gasteiger charge is -2.29. The van der Waals surface area contributed by atoms with Crippen LogP contribution < -0.4 is 26.0 Å². The van der Waals surface area contributed by atoms with Crippen LogP contribution in [0.25, 0.3) is 10.8 Å². The average molecular weight is 644 g/mol. The minimum Gasteiger partial charge on any atom is -0.480 e. The molecule has 2 amide bonds. The molecule has 11 nitrogen and oxygen atoms in total. The van der Waals surface area contributed by atoms with Gasteiger partial charge in [-0.15, -0.1) is 0 Å². The molecule has 2 aliphatic heterocycles. The van der Waals surface area contributed by atoms with Crippen LogP contribution in [0.15, 0.2) is 47.4 Å². The van der Waals surface area contributed by atoms with Crippen molar-refractivity contribution in [3.63, 3.8) is 0 Å². The van der Waals surface area contributed by atoms with Crippen molar-refractivity contribution < 1.29 is 27.9 Å². The molecule has 2 fully saturated rings. The van der Waals surface area contributed by atoms with Crippen LogP contribution in [-0.2, 0) is 24.4 Å².